The van der Waals surface area contributed by atoms with E-state index >= 15 is 0 Å². The van der Waals surface area contributed by atoms with Crippen molar-refractivity contribution < 1.29 is 14.7 Å². The van der Waals surface area contributed by atoms with Crippen LogP contribution in [0.5, 0.6) is 0 Å². The first-order valence-corrected chi connectivity index (χ1v) is 5.68. The van der Waals surface area contributed by atoms with Crippen LogP contribution in [0.15, 0.2) is 29.2 Å². The van der Waals surface area contributed by atoms with Crippen LogP contribution < -0.4 is 5.32 Å². The summed E-state index contributed by atoms with van der Waals surface area (Å²) in [7, 11) is 0. The highest BCUT2D eigenvalue weighted by atomic mass is 32.2. The summed E-state index contributed by atoms with van der Waals surface area (Å²) in [6.45, 7) is 4.18. The summed E-state index contributed by atoms with van der Waals surface area (Å²) >= 11 is 1.70. The molecule has 0 aliphatic carbocycles. The predicted octanol–water partition coefficient (Wildman–Crippen LogP) is 2.21. The van der Waals surface area contributed by atoms with E-state index < -0.39 is 11.9 Å². The Balaban J connectivity index is 2.64. The number of carbonyl (C=O) groups excluding carboxylic acids is 1. The van der Waals surface area contributed by atoms with Gasteiger partial charge in [0.25, 0.3) is 0 Å². The van der Waals surface area contributed by atoms with Gasteiger partial charge in [0.15, 0.2) is 0 Å². The number of aliphatic carboxylic acids is 1. The first kappa shape index (κ1) is 12.6. The molecule has 5 heteroatoms. The lowest BCUT2D eigenvalue weighted by molar-refractivity contribution is -0.147. The van der Waals surface area contributed by atoms with Crippen molar-refractivity contribution in [2.75, 3.05) is 5.32 Å². The first-order chi connectivity index (χ1) is 7.49. The molecule has 0 unspecified atom stereocenters. The van der Waals surface area contributed by atoms with Crippen molar-refractivity contribution >= 4 is 29.3 Å². The van der Waals surface area contributed by atoms with E-state index in [9.17, 15) is 9.59 Å². The van der Waals surface area contributed by atoms with Gasteiger partial charge in [0.2, 0.25) is 0 Å². The number of benzene rings is 1. The van der Waals surface area contributed by atoms with Gasteiger partial charge in [0.1, 0.15) is 0 Å². The molecule has 1 amide bonds. The second kappa shape index (κ2) is 5.55. The Bertz CT molecular complexity index is 387. The lowest BCUT2D eigenvalue weighted by Gasteiger charge is -2.06. The maximum absolute atomic E-state index is 10.9. The Kier molecular flexibility index (Phi) is 4.37. The van der Waals surface area contributed by atoms with Gasteiger partial charge >= 0.3 is 11.9 Å². The van der Waals surface area contributed by atoms with E-state index in [4.69, 9.17) is 5.11 Å². The topological polar surface area (TPSA) is 66.4 Å². The molecule has 0 aromatic heterocycles. The van der Waals surface area contributed by atoms with Crippen LogP contribution in [0.3, 0.4) is 0 Å². The maximum atomic E-state index is 10.9. The van der Waals surface area contributed by atoms with Gasteiger partial charge in [0, 0.05) is 15.8 Å². The zero-order chi connectivity index (χ0) is 12.1. The molecular formula is C11H13NO3S. The summed E-state index contributed by atoms with van der Waals surface area (Å²) in [5.74, 6) is -2.51. The quantitative estimate of drug-likeness (QED) is 0.627. The van der Waals surface area contributed by atoms with Crippen molar-refractivity contribution in [2.45, 2.75) is 24.0 Å². The summed E-state index contributed by atoms with van der Waals surface area (Å²) in [6.07, 6.45) is 0. The predicted molar refractivity (Wildman–Crippen MR) is 63.7 cm³/mol. The molecule has 0 radical (unpaired) electrons. The standard InChI is InChI=1S/C11H13NO3S/c1-7(2)16-9-5-3-8(4-6-9)12-10(13)11(14)15/h3-7H,1-2H3,(H,12,13)(H,14,15). The lowest BCUT2D eigenvalue weighted by atomic mass is 10.3. The van der Waals surface area contributed by atoms with Gasteiger partial charge in [-0.3, -0.25) is 4.79 Å². The van der Waals surface area contributed by atoms with Crippen LogP contribution in [0.4, 0.5) is 5.69 Å². The van der Waals surface area contributed by atoms with E-state index in [1.54, 1.807) is 23.9 Å². The number of amides is 1. The largest absolute Gasteiger partial charge is 0.474 e. The van der Waals surface area contributed by atoms with Crippen molar-refractivity contribution in [1.82, 2.24) is 0 Å². The third-order valence-electron chi connectivity index (χ3n) is 1.68. The monoisotopic (exact) mass is 239 g/mol. The van der Waals surface area contributed by atoms with Crippen LogP contribution in [-0.4, -0.2) is 22.2 Å². The van der Waals surface area contributed by atoms with Gasteiger partial charge in [-0.25, -0.2) is 4.79 Å². The highest BCUT2D eigenvalue weighted by molar-refractivity contribution is 7.99. The summed E-state index contributed by atoms with van der Waals surface area (Å²) < 4.78 is 0. The van der Waals surface area contributed by atoms with Crippen LogP contribution in [0, 0.1) is 0 Å². The van der Waals surface area contributed by atoms with Gasteiger partial charge in [-0.05, 0) is 24.3 Å². The molecule has 0 aliphatic rings. The molecule has 16 heavy (non-hydrogen) atoms. The van der Waals surface area contributed by atoms with E-state index in [-0.39, 0.29) is 0 Å². The zero-order valence-electron chi connectivity index (χ0n) is 9.06. The number of rotatable bonds is 3. The van der Waals surface area contributed by atoms with E-state index in [1.807, 2.05) is 12.1 Å². The minimum atomic E-state index is -1.49. The van der Waals surface area contributed by atoms with E-state index in [1.165, 1.54) is 0 Å². The molecule has 0 aliphatic heterocycles. The molecule has 0 saturated carbocycles. The molecule has 4 nitrogen and oxygen atoms in total. The van der Waals surface area contributed by atoms with E-state index in [2.05, 4.69) is 19.2 Å². The Morgan fingerprint density at radius 3 is 2.25 bits per heavy atom. The third kappa shape index (κ3) is 3.94. The molecule has 2 N–H and O–H groups in total. The third-order valence-corrected chi connectivity index (χ3v) is 2.69. The molecule has 0 atom stereocenters. The van der Waals surface area contributed by atoms with Crippen molar-refractivity contribution in [3.8, 4) is 0 Å². The van der Waals surface area contributed by atoms with Crippen molar-refractivity contribution in [1.29, 1.82) is 0 Å². The SMILES string of the molecule is CC(C)Sc1ccc(NC(=O)C(=O)O)cc1. The number of hydrogen-bond donors (Lipinski definition) is 2. The second-order valence-electron chi connectivity index (χ2n) is 3.45. The van der Waals surface area contributed by atoms with Gasteiger partial charge in [-0.15, -0.1) is 11.8 Å². The summed E-state index contributed by atoms with van der Waals surface area (Å²) in [4.78, 5) is 22.2. The second-order valence-corrected chi connectivity index (χ2v) is 5.10. The molecule has 0 heterocycles. The first-order valence-electron chi connectivity index (χ1n) is 4.80. The molecule has 1 rings (SSSR count). The van der Waals surface area contributed by atoms with Crippen molar-refractivity contribution in [2.24, 2.45) is 0 Å². The summed E-state index contributed by atoms with van der Waals surface area (Å²) in [5, 5.41) is 11.2. The average molecular weight is 239 g/mol. The fraction of sp³-hybridized carbons (Fsp3) is 0.273. The minimum absolute atomic E-state index is 0.486. The van der Waals surface area contributed by atoms with Gasteiger partial charge in [-0.1, -0.05) is 13.8 Å². The Morgan fingerprint density at radius 1 is 1.25 bits per heavy atom. The molecule has 0 bridgehead atoms. The van der Waals surface area contributed by atoms with Crippen molar-refractivity contribution in [3.05, 3.63) is 24.3 Å². The molecule has 1 aromatic carbocycles. The maximum Gasteiger partial charge on any atom is 0.394 e. The van der Waals surface area contributed by atoms with Gasteiger partial charge < -0.3 is 10.4 Å². The summed E-state index contributed by atoms with van der Waals surface area (Å²) in [6, 6.07) is 7.07. The molecule has 0 spiro atoms. The molecule has 0 saturated heterocycles. The minimum Gasteiger partial charge on any atom is -0.474 e. The van der Waals surface area contributed by atoms with Crippen molar-refractivity contribution in [3.63, 3.8) is 0 Å². The van der Waals surface area contributed by atoms with Crippen LogP contribution in [0.25, 0.3) is 0 Å². The highest BCUT2D eigenvalue weighted by Gasteiger charge is 2.10. The smallest absolute Gasteiger partial charge is 0.394 e. The number of carboxylic acids is 1. The molecule has 0 fully saturated rings. The van der Waals surface area contributed by atoms with Gasteiger partial charge in [-0.2, -0.15) is 0 Å². The Morgan fingerprint density at radius 2 is 1.81 bits per heavy atom. The number of carbonyl (C=O) groups is 2. The number of nitrogens with one attached hydrogen (secondary N) is 1. The van der Waals surface area contributed by atoms with Crippen LogP contribution >= 0.6 is 11.8 Å². The molecule has 86 valence electrons. The van der Waals surface area contributed by atoms with Gasteiger partial charge in [0.05, 0.1) is 0 Å². The fourth-order valence-electron chi connectivity index (χ4n) is 1.07. The molecular weight excluding hydrogens is 226 g/mol. The number of anilines is 1. The lowest BCUT2D eigenvalue weighted by Crippen LogP contribution is -2.21. The van der Waals surface area contributed by atoms with Crippen LogP contribution in [-0.2, 0) is 9.59 Å². The van der Waals surface area contributed by atoms with E-state index in [0.717, 1.165) is 4.90 Å². The van der Waals surface area contributed by atoms with Crippen LogP contribution in [0.1, 0.15) is 13.8 Å². The average Bonchev–Trinajstić information content (AvgIpc) is 2.20. The summed E-state index contributed by atoms with van der Waals surface area (Å²) in [5.41, 5.74) is 0.487. The number of thioether (sulfide) groups is 1. The number of carboxylic acid groups (broad SMARTS) is 1. The fourth-order valence-corrected chi connectivity index (χ4v) is 1.91. The van der Waals surface area contributed by atoms with E-state index in [0.29, 0.717) is 10.9 Å². The highest BCUT2D eigenvalue weighted by Crippen LogP contribution is 2.24. The Labute approximate surface area is 98.0 Å². The Hall–Kier alpha value is -1.49. The molecule has 1 aromatic rings. The van der Waals surface area contributed by atoms with Crippen LogP contribution in [0.2, 0.25) is 0 Å². The normalized spacial score (nSPS) is 10.2. The zero-order valence-corrected chi connectivity index (χ0v) is 9.88. The number of hydrogen-bond acceptors (Lipinski definition) is 3.